The number of methoxy groups -OCH3 is 1. The SMILES string of the molecule is C=C.CCS.CN.COC.NC1CCNCC1.Oc1cc(Cl)cc(C2CCCCC2)c1. The summed E-state index contributed by atoms with van der Waals surface area (Å²) >= 11 is 9.70. The fraction of sp³-hybridized carbons (Fsp3) is 0.667. The number of nitrogens with two attached hydrogens (primary N) is 2. The Morgan fingerprint density at radius 1 is 1.06 bits per heavy atom. The van der Waals surface area contributed by atoms with E-state index in [4.69, 9.17) is 17.3 Å². The van der Waals surface area contributed by atoms with E-state index in [0.29, 0.717) is 17.0 Å². The summed E-state index contributed by atoms with van der Waals surface area (Å²) in [6.07, 6.45) is 8.73. The number of ether oxygens (including phenoxy) is 1. The van der Waals surface area contributed by atoms with Crippen LogP contribution >= 0.6 is 24.2 Å². The van der Waals surface area contributed by atoms with Crippen LogP contribution in [0.4, 0.5) is 0 Å². The number of phenols is 1. The van der Waals surface area contributed by atoms with Crippen molar-refractivity contribution in [1.82, 2.24) is 5.32 Å². The van der Waals surface area contributed by atoms with Crippen LogP contribution in [-0.2, 0) is 4.74 Å². The molecule has 1 heterocycles. The van der Waals surface area contributed by atoms with Crippen LogP contribution in [0.15, 0.2) is 31.4 Å². The highest BCUT2D eigenvalue weighted by Gasteiger charge is 2.16. The van der Waals surface area contributed by atoms with Crippen LogP contribution in [0.2, 0.25) is 5.02 Å². The molecule has 1 aromatic carbocycles. The molecule has 0 aromatic heterocycles. The normalized spacial score (nSPS) is 15.5. The largest absolute Gasteiger partial charge is 0.508 e. The lowest BCUT2D eigenvalue weighted by atomic mass is 9.84. The van der Waals surface area contributed by atoms with Gasteiger partial charge in [-0.3, -0.25) is 0 Å². The monoisotopic (exact) mass is 477 g/mol. The van der Waals surface area contributed by atoms with E-state index >= 15 is 0 Å². The molecule has 0 bridgehead atoms. The van der Waals surface area contributed by atoms with Crippen molar-refractivity contribution in [3.8, 4) is 5.75 Å². The summed E-state index contributed by atoms with van der Waals surface area (Å²) in [5.74, 6) is 1.84. The van der Waals surface area contributed by atoms with Gasteiger partial charge >= 0.3 is 0 Å². The van der Waals surface area contributed by atoms with Crippen molar-refractivity contribution in [2.24, 2.45) is 11.5 Å². The highest BCUT2D eigenvalue weighted by atomic mass is 35.5. The zero-order valence-corrected chi connectivity index (χ0v) is 21.9. The predicted octanol–water partition coefficient (Wildman–Crippen LogP) is 5.37. The predicted molar refractivity (Wildman–Crippen MR) is 143 cm³/mol. The lowest BCUT2D eigenvalue weighted by Gasteiger charge is -2.22. The number of piperidine rings is 1. The summed E-state index contributed by atoms with van der Waals surface area (Å²) in [5.41, 5.74) is 11.3. The van der Waals surface area contributed by atoms with Crippen LogP contribution in [-0.4, -0.2) is 51.3 Å². The molecule has 3 rings (SSSR count). The Morgan fingerprint density at radius 3 is 1.87 bits per heavy atom. The van der Waals surface area contributed by atoms with E-state index in [0.717, 1.165) is 31.7 Å². The van der Waals surface area contributed by atoms with Crippen molar-refractivity contribution in [2.45, 2.75) is 63.8 Å². The van der Waals surface area contributed by atoms with Gasteiger partial charge in [0.1, 0.15) is 5.75 Å². The quantitative estimate of drug-likeness (QED) is 0.277. The van der Waals surface area contributed by atoms with E-state index in [1.807, 2.05) is 19.1 Å². The van der Waals surface area contributed by atoms with Crippen LogP contribution in [0.25, 0.3) is 0 Å². The van der Waals surface area contributed by atoms with E-state index in [1.54, 1.807) is 20.3 Å². The van der Waals surface area contributed by atoms with Gasteiger partial charge in [-0.05, 0) is 81.3 Å². The number of hydrogen-bond acceptors (Lipinski definition) is 6. The lowest BCUT2D eigenvalue weighted by molar-refractivity contribution is 0.277. The fourth-order valence-electron chi connectivity index (χ4n) is 3.11. The highest BCUT2D eigenvalue weighted by molar-refractivity contribution is 7.80. The van der Waals surface area contributed by atoms with Crippen LogP contribution < -0.4 is 16.8 Å². The van der Waals surface area contributed by atoms with E-state index in [2.05, 4.69) is 41.6 Å². The molecule has 2 aliphatic rings. The molecule has 1 saturated carbocycles. The lowest BCUT2D eigenvalue weighted by Crippen LogP contribution is -2.35. The maximum atomic E-state index is 9.44. The van der Waals surface area contributed by atoms with Crippen LogP contribution in [0.3, 0.4) is 0 Å². The third kappa shape index (κ3) is 22.2. The molecule has 0 amide bonds. The zero-order chi connectivity index (χ0) is 24.5. The first-order valence-electron chi connectivity index (χ1n) is 11.0. The van der Waals surface area contributed by atoms with Crippen LogP contribution in [0.5, 0.6) is 5.75 Å². The number of benzene rings is 1. The standard InChI is InChI=1S/C12H15ClO.C5H12N2.C2H6O.C2H6S.C2H4.CH5N/c13-11-6-10(7-12(14)8-11)9-4-2-1-3-5-9;6-5-1-3-7-4-2-5;1-3-2;1-2-3;2*1-2/h6-9,14H,1-5H2;5,7H,1-4,6H2;1-2H3;3H,2H2,1H3;1-2H2;2H2,1H3. The van der Waals surface area contributed by atoms with Crippen molar-refractivity contribution in [3.63, 3.8) is 0 Å². The van der Waals surface area contributed by atoms with Gasteiger partial charge in [0, 0.05) is 25.3 Å². The Kier molecular flexibility index (Phi) is 30.7. The summed E-state index contributed by atoms with van der Waals surface area (Å²) < 4.78 is 4.25. The van der Waals surface area contributed by atoms with Crippen molar-refractivity contribution < 1.29 is 9.84 Å². The molecule has 2 fully saturated rings. The van der Waals surface area contributed by atoms with Gasteiger partial charge in [0.2, 0.25) is 0 Å². The number of rotatable bonds is 1. The maximum Gasteiger partial charge on any atom is 0.117 e. The first kappa shape index (κ1) is 34.8. The first-order valence-corrected chi connectivity index (χ1v) is 12.0. The Bertz CT molecular complexity index is 462. The third-order valence-corrected chi connectivity index (χ3v) is 4.58. The van der Waals surface area contributed by atoms with Crippen LogP contribution in [0, 0.1) is 0 Å². The fourth-order valence-corrected chi connectivity index (χ4v) is 3.35. The molecule has 1 aromatic rings. The van der Waals surface area contributed by atoms with E-state index in [-0.39, 0.29) is 5.75 Å². The molecule has 7 heteroatoms. The number of phenolic OH excluding ortho intramolecular Hbond substituents is 1. The Labute approximate surface area is 202 Å². The summed E-state index contributed by atoms with van der Waals surface area (Å²) in [7, 11) is 4.75. The smallest absolute Gasteiger partial charge is 0.117 e. The Hall–Kier alpha value is -0.760. The second kappa shape index (κ2) is 27.3. The molecule has 0 atom stereocenters. The summed E-state index contributed by atoms with van der Waals surface area (Å²) in [4.78, 5) is 0. The van der Waals surface area contributed by atoms with Gasteiger partial charge in [-0.1, -0.05) is 37.8 Å². The summed E-state index contributed by atoms with van der Waals surface area (Å²) in [6, 6.07) is 5.90. The minimum absolute atomic E-state index is 0.290. The molecule has 0 spiro atoms. The third-order valence-electron chi connectivity index (χ3n) is 4.37. The van der Waals surface area contributed by atoms with E-state index < -0.39 is 0 Å². The highest BCUT2D eigenvalue weighted by Crippen LogP contribution is 2.35. The first-order chi connectivity index (χ1) is 15.0. The molecular formula is C24H48ClN3O2S. The zero-order valence-electron chi connectivity index (χ0n) is 20.2. The van der Waals surface area contributed by atoms with Gasteiger partial charge in [-0.2, -0.15) is 12.6 Å². The van der Waals surface area contributed by atoms with Gasteiger partial charge < -0.3 is 26.6 Å². The average molecular weight is 478 g/mol. The molecule has 184 valence electrons. The van der Waals surface area contributed by atoms with Gasteiger partial charge in [0.05, 0.1) is 0 Å². The average Bonchev–Trinajstić information content (AvgIpc) is 2.79. The Morgan fingerprint density at radius 2 is 1.52 bits per heavy atom. The van der Waals surface area contributed by atoms with Crippen molar-refractivity contribution >= 4 is 24.2 Å². The Balaban J connectivity index is -0.000000388. The minimum atomic E-state index is 0.290. The molecule has 6 N–H and O–H groups in total. The number of halogens is 1. The van der Waals surface area contributed by atoms with Gasteiger partial charge in [0.15, 0.2) is 0 Å². The summed E-state index contributed by atoms with van der Waals surface area (Å²) in [6.45, 7) is 10.2. The number of hydrogen-bond donors (Lipinski definition) is 5. The molecule has 1 aliphatic carbocycles. The van der Waals surface area contributed by atoms with Gasteiger partial charge in [-0.15, -0.1) is 13.2 Å². The summed E-state index contributed by atoms with van der Waals surface area (Å²) in [5, 5.41) is 13.3. The second-order valence-electron chi connectivity index (χ2n) is 6.89. The van der Waals surface area contributed by atoms with Crippen molar-refractivity contribution in [1.29, 1.82) is 0 Å². The molecule has 31 heavy (non-hydrogen) atoms. The number of aromatic hydroxyl groups is 1. The van der Waals surface area contributed by atoms with Gasteiger partial charge in [0.25, 0.3) is 0 Å². The minimum Gasteiger partial charge on any atom is -0.508 e. The van der Waals surface area contributed by atoms with Crippen molar-refractivity contribution in [2.75, 3.05) is 40.1 Å². The number of thiol groups is 1. The molecule has 1 saturated heterocycles. The molecule has 0 radical (unpaired) electrons. The molecule has 0 unspecified atom stereocenters. The maximum absolute atomic E-state index is 9.44. The molecule has 5 nitrogen and oxygen atoms in total. The van der Waals surface area contributed by atoms with E-state index in [1.165, 1.54) is 44.7 Å². The van der Waals surface area contributed by atoms with Crippen LogP contribution in [0.1, 0.15) is 63.4 Å². The van der Waals surface area contributed by atoms with Gasteiger partial charge in [-0.25, -0.2) is 0 Å². The topological polar surface area (TPSA) is 93.5 Å². The molecular weight excluding hydrogens is 430 g/mol. The number of nitrogens with one attached hydrogen (secondary N) is 1. The molecule has 1 aliphatic heterocycles. The van der Waals surface area contributed by atoms with E-state index in [9.17, 15) is 5.11 Å². The second-order valence-corrected chi connectivity index (χ2v) is 7.96. The van der Waals surface area contributed by atoms with Crippen molar-refractivity contribution in [3.05, 3.63) is 41.9 Å².